The lowest BCUT2D eigenvalue weighted by Crippen LogP contribution is -2.33. The van der Waals surface area contributed by atoms with Gasteiger partial charge in [-0.3, -0.25) is 4.79 Å². The summed E-state index contributed by atoms with van der Waals surface area (Å²) >= 11 is 0. The quantitative estimate of drug-likeness (QED) is 0.444. The summed E-state index contributed by atoms with van der Waals surface area (Å²) in [5.41, 5.74) is 2.12. The van der Waals surface area contributed by atoms with Gasteiger partial charge >= 0.3 is 0 Å². The Kier molecular flexibility index (Phi) is 5.51. The predicted molar refractivity (Wildman–Crippen MR) is 120 cm³/mol. The molecule has 1 N–H and O–H groups in total. The SMILES string of the molecule is COCC1CCCN1c1nccnc1Oc1ccc(C(=O)c2nc3ccccc3[nH]2)cc1. The molecule has 0 amide bonds. The summed E-state index contributed by atoms with van der Waals surface area (Å²) in [5.74, 6) is 1.86. The van der Waals surface area contributed by atoms with E-state index in [0.29, 0.717) is 35.4 Å². The number of ketones is 1. The third-order valence-corrected chi connectivity index (χ3v) is 5.59. The van der Waals surface area contributed by atoms with Crippen molar-refractivity contribution < 1.29 is 14.3 Å². The molecule has 1 unspecified atom stereocenters. The number of hydrogen-bond donors (Lipinski definition) is 1. The van der Waals surface area contributed by atoms with Crippen LogP contribution < -0.4 is 9.64 Å². The van der Waals surface area contributed by atoms with Crippen LogP contribution >= 0.6 is 0 Å². The van der Waals surface area contributed by atoms with Crippen molar-refractivity contribution in [1.29, 1.82) is 0 Å². The number of carbonyl (C=O) groups is 1. The first kappa shape index (κ1) is 20.1. The fourth-order valence-electron chi connectivity index (χ4n) is 4.05. The Bertz CT molecular complexity index is 1200. The molecule has 1 fully saturated rings. The zero-order valence-corrected chi connectivity index (χ0v) is 17.7. The molecule has 1 aliphatic rings. The largest absolute Gasteiger partial charge is 0.436 e. The fraction of sp³-hybridized carbons (Fsp3) is 0.250. The highest BCUT2D eigenvalue weighted by atomic mass is 16.5. The number of imidazole rings is 1. The van der Waals surface area contributed by atoms with Crippen LogP contribution in [0.5, 0.6) is 11.6 Å². The van der Waals surface area contributed by atoms with E-state index in [1.165, 1.54) is 0 Å². The van der Waals surface area contributed by atoms with Gasteiger partial charge in [-0.15, -0.1) is 0 Å². The Morgan fingerprint density at radius 1 is 1.12 bits per heavy atom. The molecule has 3 heterocycles. The van der Waals surface area contributed by atoms with Gasteiger partial charge in [-0.25, -0.2) is 15.0 Å². The molecule has 0 aliphatic carbocycles. The van der Waals surface area contributed by atoms with E-state index in [4.69, 9.17) is 9.47 Å². The van der Waals surface area contributed by atoms with Crippen LogP contribution in [0.1, 0.15) is 29.0 Å². The van der Waals surface area contributed by atoms with Gasteiger partial charge in [0, 0.05) is 31.6 Å². The smallest absolute Gasteiger partial charge is 0.263 e. The topological polar surface area (TPSA) is 93.2 Å². The average molecular weight is 429 g/mol. The van der Waals surface area contributed by atoms with Crippen molar-refractivity contribution in [3.63, 3.8) is 0 Å². The van der Waals surface area contributed by atoms with Crippen LogP contribution in [0.25, 0.3) is 11.0 Å². The molecule has 0 radical (unpaired) electrons. The normalized spacial score (nSPS) is 15.9. The Hall–Kier alpha value is -3.78. The van der Waals surface area contributed by atoms with Crippen molar-refractivity contribution in [1.82, 2.24) is 19.9 Å². The number of rotatable bonds is 7. The summed E-state index contributed by atoms with van der Waals surface area (Å²) < 4.78 is 11.4. The molecule has 1 aliphatic heterocycles. The van der Waals surface area contributed by atoms with Crippen LogP contribution in [0.2, 0.25) is 0 Å². The molecule has 4 aromatic rings. The first-order valence-electron chi connectivity index (χ1n) is 10.6. The first-order chi connectivity index (χ1) is 15.7. The second kappa shape index (κ2) is 8.76. The van der Waals surface area contributed by atoms with Gasteiger partial charge in [-0.2, -0.15) is 0 Å². The predicted octanol–water partition coefficient (Wildman–Crippen LogP) is 3.99. The van der Waals surface area contributed by atoms with Crippen LogP contribution in [-0.2, 0) is 4.74 Å². The molecule has 8 nitrogen and oxygen atoms in total. The second-order valence-corrected chi connectivity index (χ2v) is 7.69. The maximum Gasteiger partial charge on any atom is 0.263 e. The monoisotopic (exact) mass is 429 g/mol. The molecular formula is C24H23N5O3. The van der Waals surface area contributed by atoms with Crippen molar-refractivity contribution in [2.45, 2.75) is 18.9 Å². The number of methoxy groups -OCH3 is 1. The molecular weight excluding hydrogens is 406 g/mol. The van der Waals surface area contributed by atoms with E-state index in [1.807, 2.05) is 24.3 Å². The van der Waals surface area contributed by atoms with Gasteiger partial charge in [0.25, 0.3) is 5.88 Å². The molecule has 162 valence electrons. The number of nitrogens with one attached hydrogen (secondary N) is 1. The molecule has 0 spiro atoms. The molecule has 0 saturated carbocycles. The van der Waals surface area contributed by atoms with E-state index >= 15 is 0 Å². The maximum atomic E-state index is 12.8. The minimum atomic E-state index is -0.174. The molecule has 2 aromatic heterocycles. The molecule has 2 aromatic carbocycles. The van der Waals surface area contributed by atoms with E-state index in [1.54, 1.807) is 43.8 Å². The van der Waals surface area contributed by atoms with Crippen LogP contribution in [0.4, 0.5) is 5.82 Å². The maximum absolute atomic E-state index is 12.8. The number of nitrogens with zero attached hydrogens (tertiary/aromatic N) is 4. The number of aromatic nitrogens is 4. The lowest BCUT2D eigenvalue weighted by Gasteiger charge is -2.26. The zero-order valence-electron chi connectivity index (χ0n) is 17.7. The number of hydrogen-bond acceptors (Lipinski definition) is 7. The highest BCUT2D eigenvalue weighted by Crippen LogP contribution is 2.33. The number of carbonyl (C=O) groups excluding carboxylic acids is 1. The Morgan fingerprint density at radius 3 is 2.75 bits per heavy atom. The van der Waals surface area contributed by atoms with E-state index in [9.17, 15) is 4.79 Å². The Balaban J connectivity index is 1.35. The van der Waals surface area contributed by atoms with Crippen molar-refractivity contribution in [2.75, 3.05) is 25.2 Å². The molecule has 1 atom stereocenters. The van der Waals surface area contributed by atoms with Gasteiger partial charge in [0.05, 0.1) is 23.7 Å². The minimum absolute atomic E-state index is 0.174. The van der Waals surface area contributed by atoms with Crippen molar-refractivity contribution in [2.24, 2.45) is 0 Å². The molecule has 1 saturated heterocycles. The fourth-order valence-corrected chi connectivity index (χ4v) is 4.05. The molecule has 0 bridgehead atoms. The number of fused-ring (bicyclic) bond motifs is 1. The third-order valence-electron chi connectivity index (χ3n) is 5.59. The molecule has 32 heavy (non-hydrogen) atoms. The minimum Gasteiger partial charge on any atom is -0.436 e. The first-order valence-corrected chi connectivity index (χ1v) is 10.6. The Labute approximate surface area is 185 Å². The number of anilines is 1. The summed E-state index contributed by atoms with van der Waals surface area (Å²) in [4.78, 5) is 31.4. The summed E-state index contributed by atoms with van der Waals surface area (Å²) in [6.45, 7) is 1.52. The van der Waals surface area contributed by atoms with Gasteiger partial charge in [0.15, 0.2) is 11.6 Å². The molecule has 8 heteroatoms. The highest BCUT2D eigenvalue weighted by Gasteiger charge is 2.28. The van der Waals surface area contributed by atoms with Crippen molar-refractivity contribution in [3.8, 4) is 11.6 Å². The number of H-pyrrole nitrogens is 1. The average Bonchev–Trinajstić information content (AvgIpc) is 3.47. The van der Waals surface area contributed by atoms with E-state index in [-0.39, 0.29) is 11.8 Å². The summed E-state index contributed by atoms with van der Waals surface area (Å²) in [7, 11) is 1.71. The van der Waals surface area contributed by atoms with Crippen LogP contribution in [0, 0.1) is 0 Å². The Morgan fingerprint density at radius 2 is 1.94 bits per heavy atom. The van der Waals surface area contributed by atoms with Crippen LogP contribution in [0.15, 0.2) is 60.9 Å². The van der Waals surface area contributed by atoms with Crippen LogP contribution in [-0.4, -0.2) is 52.0 Å². The van der Waals surface area contributed by atoms with E-state index in [2.05, 4.69) is 24.8 Å². The summed E-state index contributed by atoms with van der Waals surface area (Å²) in [6, 6.07) is 14.8. The molecule has 5 rings (SSSR count). The van der Waals surface area contributed by atoms with Gasteiger partial charge in [-0.05, 0) is 49.2 Å². The third kappa shape index (κ3) is 3.92. The standard InChI is InChI=1S/C24H23N5O3/c1-31-15-17-5-4-14-29(17)23-24(26-13-12-25-23)32-18-10-8-16(9-11-18)21(30)22-27-19-6-2-3-7-20(19)28-22/h2-3,6-13,17H,4-5,14-15H2,1H3,(H,27,28). The van der Waals surface area contributed by atoms with Gasteiger partial charge in [-0.1, -0.05) is 12.1 Å². The number of ether oxygens (including phenoxy) is 2. The summed E-state index contributed by atoms with van der Waals surface area (Å²) in [5, 5.41) is 0. The highest BCUT2D eigenvalue weighted by molar-refractivity contribution is 6.08. The van der Waals surface area contributed by atoms with Gasteiger partial charge < -0.3 is 19.4 Å². The number of para-hydroxylation sites is 2. The van der Waals surface area contributed by atoms with E-state index < -0.39 is 0 Å². The van der Waals surface area contributed by atoms with E-state index in [0.717, 1.165) is 30.4 Å². The number of benzene rings is 2. The van der Waals surface area contributed by atoms with Gasteiger partial charge in [0.2, 0.25) is 5.78 Å². The second-order valence-electron chi connectivity index (χ2n) is 7.69. The van der Waals surface area contributed by atoms with Gasteiger partial charge in [0.1, 0.15) is 5.75 Å². The summed E-state index contributed by atoms with van der Waals surface area (Å²) in [6.07, 6.45) is 5.39. The zero-order chi connectivity index (χ0) is 21.9. The lowest BCUT2D eigenvalue weighted by atomic mass is 10.1. The van der Waals surface area contributed by atoms with Crippen LogP contribution in [0.3, 0.4) is 0 Å². The lowest BCUT2D eigenvalue weighted by molar-refractivity contribution is 0.103. The van der Waals surface area contributed by atoms with Crippen molar-refractivity contribution >= 4 is 22.6 Å². The number of aromatic amines is 1. The van der Waals surface area contributed by atoms with Crippen molar-refractivity contribution in [3.05, 3.63) is 72.3 Å².